The Morgan fingerprint density at radius 3 is 2.75 bits per heavy atom. The van der Waals surface area contributed by atoms with Gasteiger partial charge in [0.05, 0.1) is 17.6 Å². The fraction of sp³-hybridized carbons (Fsp3) is 0.188. The second kappa shape index (κ2) is 5.39. The summed E-state index contributed by atoms with van der Waals surface area (Å²) in [7, 11) is -3.49. The molecular formula is C16H13ClN2O4S. The van der Waals surface area contributed by atoms with Crippen LogP contribution in [-0.2, 0) is 16.4 Å². The standard InChI is InChI=1S/C16H13ClN2O4S/c1-24(20,21)16-18-12-7-11(17)3-4-13(12)19(16)8-10-2-5-14-15(6-10)23-9-22-14/h2-7H,8-9H2,1H3. The number of hydrogen-bond acceptors (Lipinski definition) is 5. The summed E-state index contributed by atoms with van der Waals surface area (Å²) in [5.41, 5.74) is 2.14. The predicted octanol–water partition coefficient (Wildman–Crippen LogP) is 2.87. The molecule has 8 heteroatoms. The van der Waals surface area contributed by atoms with Gasteiger partial charge in [-0.15, -0.1) is 0 Å². The van der Waals surface area contributed by atoms with Crippen molar-refractivity contribution in [1.82, 2.24) is 9.55 Å². The number of aromatic nitrogens is 2. The minimum atomic E-state index is -3.49. The molecule has 0 N–H and O–H groups in total. The van der Waals surface area contributed by atoms with Crippen molar-refractivity contribution in [3.05, 3.63) is 47.0 Å². The molecule has 1 aromatic heterocycles. The first kappa shape index (κ1) is 15.3. The zero-order valence-corrected chi connectivity index (χ0v) is 14.3. The van der Waals surface area contributed by atoms with Crippen LogP contribution in [0.3, 0.4) is 0 Å². The molecule has 0 atom stereocenters. The van der Waals surface area contributed by atoms with E-state index in [9.17, 15) is 8.42 Å². The van der Waals surface area contributed by atoms with Crippen LogP contribution in [0.25, 0.3) is 11.0 Å². The Morgan fingerprint density at radius 2 is 1.96 bits per heavy atom. The van der Waals surface area contributed by atoms with Gasteiger partial charge in [0.1, 0.15) is 0 Å². The lowest BCUT2D eigenvalue weighted by Gasteiger charge is -2.09. The largest absolute Gasteiger partial charge is 0.454 e. The lowest BCUT2D eigenvalue weighted by atomic mass is 10.2. The highest BCUT2D eigenvalue weighted by Crippen LogP contribution is 2.33. The molecule has 124 valence electrons. The van der Waals surface area contributed by atoms with Crippen molar-refractivity contribution in [1.29, 1.82) is 0 Å². The van der Waals surface area contributed by atoms with Gasteiger partial charge in [-0.2, -0.15) is 0 Å². The van der Waals surface area contributed by atoms with Gasteiger partial charge in [-0.05, 0) is 35.9 Å². The third-order valence-corrected chi connectivity index (χ3v) is 4.99. The van der Waals surface area contributed by atoms with Crippen molar-refractivity contribution in [2.75, 3.05) is 13.0 Å². The summed E-state index contributed by atoms with van der Waals surface area (Å²) in [5, 5.41) is 0.521. The van der Waals surface area contributed by atoms with Crippen LogP contribution in [0.4, 0.5) is 0 Å². The predicted molar refractivity (Wildman–Crippen MR) is 89.5 cm³/mol. The Labute approximate surface area is 143 Å². The van der Waals surface area contributed by atoms with Gasteiger partial charge in [-0.3, -0.25) is 0 Å². The maximum atomic E-state index is 12.1. The summed E-state index contributed by atoms with van der Waals surface area (Å²) in [6, 6.07) is 10.7. The number of rotatable bonds is 3. The quantitative estimate of drug-likeness (QED) is 0.714. The van der Waals surface area contributed by atoms with Gasteiger partial charge in [0.15, 0.2) is 11.5 Å². The number of benzene rings is 2. The third-order valence-electron chi connectivity index (χ3n) is 3.78. The first-order valence-corrected chi connectivity index (χ1v) is 9.43. The highest BCUT2D eigenvalue weighted by molar-refractivity contribution is 7.90. The van der Waals surface area contributed by atoms with Gasteiger partial charge in [-0.1, -0.05) is 17.7 Å². The maximum Gasteiger partial charge on any atom is 0.231 e. The van der Waals surface area contributed by atoms with Crippen LogP contribution < -0.4 is 9.47 Å². The number of imidazole rings is 1. The second-order valence-electron chi connectivity index (χ2n) is 5.57. The zero-order chi connectivity index (χ0) is 16.9. The van der Waals surface area contributed by atoms with E-state index in [1.165, 1.54) is 0 Å². The van der Waals surface area contributed by atoms with E-state index in [0.29, 0.717) is 34.1 Å². The highest BCUT2D eigenvalue weighted by Gasteiger charge is 2.21. The molecule has 24 heavy (non-hydrogen) atoms. The monoisotopic (exact) mass is 364 g/mol. The summed E-state index contributed by atoms with van der Waals surface area (Å²) in [6.07, 6.45) is 1.14. The molecule has 0 unspecified atom stereocenters. The van der Waals surface area contributed by atoms with Crippen molar-refractivity contribution < 1.29 is 17.9 Å². The molecule has 0 aliphatic carbocycles. The summed E-state index contributed by atoms with van der Waals surface area (Å²) in [4.78, 5) is 4.25. The Bertz CT molecular complexity index is 1060. The van der Waals surface area contributed by atoms with Gasteiger partial charge >= 0.3 is 0 Å². The van der Waals surface area contributed by atoms with Gasteiger partial charge in [0.2, 0.25) is 21.8 Å². The molecule has 2 heterocycles. The molecule has 0 amide bonds. The van der Waals surface area contributed by atoms with Crippen LogP contribution in [0.5, 0.6) is 11.5 Å². The Balaban J connectivity index is 1.86. The summed E-state index contributed by atoms with van der Waals surface area (Å²) >= 11 is 5.99. The molecule has 0 spiro atoms. The molecule has 3 aromatic rings. The minimum Gasteiger partial charge on any atom is -0.454 e. The third kappa shape index (κ3) is 2.59. The lowest BCUT2D eigenvalue weighted by Crippen LogP contribution is -2.10. The topological polar surface area (TPSA) is 70.4 Å². The van der Waals surface area contributed by atoms with Crippen LogP contribution >= 0.6 is 11.6 Å². The van der Waals surface area contributed by atoms with E-state index in [-0.39, 0.29) is 11.9 Å². The van der Waals surface area contributed by atoms with E-state index in [1.54, 1.807) is 22.8 Å². The van der Waals surface area contributed by atoms with Crippen molar-refractivity contribution in [3.63, 3.8) is 0 Å². The molecule has 0 fully saturated rings. The van der Waals surface area contributed by atoms with E-state index < -0.39 is 9.84 Å². The number of fused-ring (bicyclic) bond motifs is 2. The molecule has 0 radical (unpaired) electrons. The molecule has 0 saturated carbocycles. The first-order valence-electron chi connectivity index (χ1n) is 7.16. The lowest BCUT2D eigenvalue weighted by molar-refractivity contribution is 0.174. The summed E-state index contributed by atoms with van der Waals surface area (Å²) in [5.74, 6) is 1.34. The SMILES string of the molecule is CS(=O)(=O)c1nc2cc(Cl)ccc2n1Cc1ccc2c(c1)OCO2. The Kier molecular flexibility index (Phi) is 3.43. The molecule has 1 aliphatic heterocycles. The van der Waals surface area contributed by atoms with Gasteiger partial charge in [-0.25, -0.2) is 13.4 Å². The maximum absolute atomic E-state index is 12.1. The summed E-state index contributed by atoms with van der Waals surface area (Å²) < 4.78 is 36.6. The molecular weight excluding hydrogens is 352 g/mol. The number of sulfone groups is 1. The fourth-order valence-corrected chi connectivity index (χ4v) is 3.73. The number of halogens is 1. The number of ether oxygens (including phenoxy) is 2. The number of hydrogen-bond donors (Lipinski definition) is 0. The molecule has 0 saturated heterocycles. The van der Waals surface area contributed by atoms with E-state index in [1.807, 2.05) is 18.2 Å². The molecule has 4 rings (SSSR count). The van der Waals surface area contributed by atoms with Crippen LogP contribution in [0, 0.1) is 0 Å². The highest BCUT2D eigenvalue weighted by atomic mass is 35.5. The Morgan fingerprint density at radius 1 is 1.17 bits per heavy atom. The van der Waals surface area contributed by atoms with Crippen LogP contribution in [0.2, 0.25) is 5.02 Å². The fourth-order valence-electron chi connectivity index (χ4n) is 2.74. The zero-order valence-electron chi connectivity index (χ0n) is 12.7. The average Bonchev–Trinajstić information content (AvgIpc) is 3.11. The van der Waals surface area contributed by atoms with E-state index in [4.69, 9.17) is 21.1 Å². The van der Waals surface area contributed by atoms with E-state index in [0.717, 1.165) is 11.8 Å². The van der Waals surface area contributed by atoms with E-state index >= 15 is 0 Å². The summed E-state index contributed by atoms with van der Waals surface area (Å²) in [6.45, 7) is 0.539. The van der Waals surface area contributed by atoms with Crippen LogP contribution in [0.1, 0.15) is 5.56 Å². The molecule has 1 aliphatic rings. The van der Waals surface area contributed by atoms with Crippen molar-refractivity contribution in [3.8, 4) is 11.5 Å². The molecule has 0 bridgehead atoms. The smallest absolute Gasteiger partial charge is 0.231 e. The number of nitrogens with zero attached hydrogens (tertiary/aromatic N) is 2. The molecule has 2 aromatic carbocycles. The van der Waals surface area contributed by atoms with Gasteiger partial charge in [0.25, 0.3) is 0 Å². The minimum absolute atomic E-state index is 0.0115. The van der Waals surface area contributed by atoms with Crippen LogP contribution in [0.15, 0.2) is 41.6 Å². The van der Waals surface area contributed by atoms with Gasteiger partial charge in [0, 0.05) is 11.3 Å². The first-order chi connectivity index (χ1) is 11.4. The van der Waals surface area contributed by atoms with Crippen molar-refractivity contribution in [2.45, 2.75) is 11.7 Å². The van der Waals surface area contributed by atoms with Crippen molar-refractivity contribution >= 4 is 32.5 Å². The van der Waals surface area contributed by atoms with Gasteiger partial charge < -0.3 is 14.0 Å². The van der Waals surface area contributed by atoms with Crippen LogP contribution in [-0.4, -0.2) is 31.0 Å². The second-order valence-corrected chi connectivity index (χ2v) is 7.92. The Hall–Kier alpha value is -2.25. The van der Waals surface area contributed by atoms with Crippen molar-refractivity contribution in [2.24, 2.45) is 0 Å². The normalized spacial score (nSPS) is 13.6. The average molecular weight is 365 g/mol. The van der Waals surface area contributed by atoms with E-state index in [2.05, 4.69) is 4.98 Å². The molecule has 6 nitrogen and oxygen atoms in total.